The third-order valence-corrected chi connectivity index (χ3v) is 5.87. The molecule has 0 heterocycles. The van der Waals surface area contributed by atoms with Crippen molar-refractivity contribution in [2.75, 3.05) is 5.73 Å². The number of anilines is 1. The minimum atomic E-state index is -4.20. The predicted molar refractivity (Wildman–Crippen MR) is 109 cm³/mol. The molecule has 2 aromatic carbocycles. The molecule has 0 amide bonds. The number of benzene rings is 2. The molecule has 1 aliphatic carbocycles. The van der Waals surface area contributed by atoms with Gasteiger partial charge in [-0.1, -0.05) is 54.6 Å². The zero-order valence-corrected chi connectivity index (χ0v) is 16.1. The first kappa shape index (κ1) is 20.7. The number of sulfonamides is 1. The van der Waals surface area contributed by atoms with Gasteiger partial charge >= 0.3 is 0 Å². The molecule has 1 aliphatic rings. The van der Waals surface area contributed by atoms with E-state index in [1.165, 1.54) is 42.5 Å². The van der Waals surface area contributed by atoms with Gasteiger partial charge in [-0.2, -0.15) is 4.72 Å². The SMILES string of the molecule is Nc1ccccc1S(=O)(=O)NC1(O)C=CC(C=CC(=O)c2ccccc2)=CC1O. The van der Waals surface area contributed by atoms with Gasteiger partial charge in [0.15, 0.2) is 11.5 Å². The first-order chi connectivity index (χ1) is 13.7. The fourth-order valence-corrected chi connectivity index (χ4v) is 4.12. The van der Waals surface area contributed by atoms with Gasteiger partial charge in [-0.15, -0.1) is 0 Å². The van der Waals surface area contributed by atoms with Crippen LogP contribution in [0.5, 0.6) is 0 Å². The maximum atomic E-state index is 12.5. The molecule has 7 nitrogen and oxygen atoms in total. The minimum Gasteiger partial charge on any atom is -0.398 e. The van der Waals surface area contributed by atoms with Crippen LogP contribution in [0.2, 0.25) is 0 Å². The Balaban J connectivity index is 1.75. The number of nitrogen functional groups attached to an aromatic ring is 1. The quantitative estimate of drug-likeness (QED) is 0.246. The highest BCUT2D eigenvalue weighted by molar-refractivity contribution is 7.89. The summed E-state index contributed by atoms with van der Waals surface area (Å²) in [6, 6.07) is 14.4. The van der Waals surface area contributed by atoms with E-state index in [1.54, 1.807) is 36.4 Å². The van der Waals surface area contributed by atoms with Crippen molar-refractivity contribution < 1.29 is 23.4 Å². The first-order valence-corrected chi connectivity index (χ1v) is 10.2. The van der Waals surface area contributed by atoms with E-state index in [9.17, 15) is 23.4 Å². The number of aliphatic hydroxyl groups is 2. The van der Waals surface area contributed by atoms with E-state index in [4.69, 9.17) is 5.73 Å². The highest BCUT2D eigenvalue weighted by Crippen LogP contribution is 2.25. The highest BCUT2D eigenvalue weighted by atomic mass is 32.2. The largest absolute Gasteiger partial charge is 0.398 e. The van der Waals surface area contributed by atoms with E-state index in [1.807, 2.05) is 0 Å². The third-order valence-electron chi connectivity index (χ3n) is 4.32. The molecule has 0 saturated carbocycles. The molecule has 150 valence electrons. The lowest BCUT2D eigenvalue weighted by atomic mass is 9.97. The molecule has 0 aliphatic heterocycles. The Labute approximate surface area is 168 Å². The van der Waals surface area contributed by atoms with Crippen LogP contribution >= 0.6 is 0 Å². The lowest BCUT2D eigenvalue weighted by molar-refractivity contribution is -0.0240. The fraction of sp³-hybridized carbons (Fsp3) is 0.0952. The molecular weight excluding hydrogens is 392 g/mol. The molecule has 2 aromatic rings. The van der Waals surface area contributed by atoms with Crippen LogP contribution in [0.3, 0.4) is 0 Å². The van der Waals surface area contributed by atoms with Crippen molar-refractivity contribution in [1.82, 2.24) is 4.72 Å². The fourth-order valence-electron chi connectivity index (χ4n) is 2.76. The number of nitrogens with one attached hydrogen (secondary N) is 1. The van der Waals surface area contributed by atoms with E-state index in [2.05, 4.69) is 4.72 Å². The van der Waals surface area contributed by atoms with Crippen molar-refractivity contribution in [3.05, 3.63) is 96.1 Å². The van der Waals surface area contributed by atoms with Crippen molar-refractivity contribution >= 4 is 21.5 Å². The number of allylic oxidation sites excluding steroid dienone is 4. The normalized spacial score (nSPS) is 21.9. The summed E-state index contributed by atoms with van der Waals surface area (Å²) in [7, 11) is -4.20. The Morgan fingerprint density at radius 2 is 1.76 bits per heavy atom. The summed E-state index contributed by atoms with van der Waals surface area (Å²) in [5.41, 5.74) is 4.39. The average molecular weight is 412 g/mol. The zero-order chi connectivity index (χ0) is 21.1. The Hall–Kier alpha value is -3.04. The van der Waals surface area contributed by atoms with E-state index < -0.39 is 21.9 Å². The lowest BCUT2D eigenvalue weighted by Crippen LogP contribution is -2.55. The van der Waals surface area contributed by atoms with E-state index in [0.717, 1.165) is 6.08 Å². The van der Waals surface area contributed by atoms with Gasteiger partial charge in [0.2, 0.25) is 10.0 Å². The van der Waals surface area contributed by atoms with Crippen molar-refractivity contribution in [1.29, 1.82) is 0 Å². The molecule has 0 fully saturated rings. The van der Waals surface area contributed by atoms with Crippen LogP contribution in [-0.2, 0) is 10.0 Å². The maximum absolute atomic E-state index is 12.5. The van der Waals surface area contributed by atoms with E-state index >= 15 is 0 Å². The second-order valence-corrected chi connectivity index (χ2v) is 8.13. The second-order valence-electron chi connectivity index (χ2n) is 6.48. The molecular formula is C21H20N2O5S. The van der Waals surface area contributed by atoms with Crippen LogP contribution in [0.25, 0.3) is 0 Å². The number of nitrogens with two attached hydrogens (primary N) is 1. The van der Waals surface area contributed by atoms with Gasteiger partial charge in [0.1, 0.15) is 11.0 Å². The third kappa shape index (κ3) is 4.69. The van der Waals surface area contributed by atoms with Gasteiger partial charge in [-0.05, 0) is 35.9 Å². The van der Waals surface area contributed by atoms with Crippen LogP contribution < -0.4 is 10.5 Å². The van der Waals surface area contributed by atoms with Crippen LogP contribution in [0, 0.1) is 0 Å². The molecule has 0 spiro atoms. The van der Waals surface area contributed by atoms with Crippen LogP contribution in [-0.4, -0.2) is 36.2 Å². The van der Waals surface area contributed by atoms with Crippen molar-refractivity contribution in [2.45, 2.75) is 16.7 Å². The van der Waals surface area contributed by atoms with Gasteiger partial charge < -0.3 is 15.9 Å². The predicted octanol–water partition coefficient (Wildman–Crippen LogP) is 1.53. The molecule has 3 rings (SSSR count). The Kier molecular flexibility index (Phi) is 5.81. The maximum Gasteiger partial charge on any atom is 0.245 e. The number of hydrogen-bond acceptors (Lipinski definition) is 6. The van der Waals surface area contributed by atoms with Crippen molar-refractivity contribution in [2.24, 2.45) is 0 Å². The Morgan fingerprint density at radius 3 is 2.41 bits per heavy atom. The van der Waals surface area contributed by atoms with Gasteiger partial charge in [0.25, 0.3) is 0 Å². The number of para-hydroxylation sites is 1. The molecule has 2 atom stereocenters. The summed E-state index contributed by atoms with van der Waals surface area (Å²) in [4.78, 5) is 11.9. The van der Waals surface area contributed by atoms with Gasteiger partial charge in [0.05, 0.1) is 5.69 Å². The Bertz CT molecular complexity index is 1110. The number of ketones is 1. The lowest BCUT2D eigenvalue weighted by Gasteiger charge is -2.31. The second kappa shape index (κ2) is 8.14. The first-order valence-electron chi connectivity index (χ1n) is 8.69. The van der Waals surface area contributed by atoms with Crippen molar-refractivity contribution in [3.8, 4) is 0 Å². The molecule has 0 aromatic heterocycles. The van der Waals surface area contributed by atoms with Crippen LogP contribution in [0.4, 0.5) is 5.69 Å². The summed E-state index contributed by atoms with van der Waals surface area (Å²) in [6.07, 6.45) is 4.97. The van der Waals surface area contributed by atoms with Gasteiger partial charge in [-0.3, -0.25) is 4.79 Å². The molecule has 0 radical (unpaired) electrons. The Morgan fingerprint density at radius 1 is 1.10 bits per heavy atom. The molecule has 2 unspecified atom stereocenters. The topological polar surface area (TPSA) is 130 Å². The average Bonchev–Trinajstić information content (AvgIpc) is 2.69. The molecule has 0 bridgehead atoms. The zero-order valence-electron chi connectivity index (χ0n) is 15.3. The smallest absolute Gasteiger partial charge is 0.245 e. The number of rotatable bonds is 6. The summed E-state index contributed by atoms with van der Waals surface area (Å²) in [5.74, 6) is -0.226. The van der Waals surface area contributed by atoms with E-state index in [0.29, 0.717) is 11.1 Å². The molecule has 0 saturated heterocycles. The minimum absolute atomic E-state index is 0.0106. The monoisotopic (exact) mass is 412 g/mol. The number of hydrogen-bond donors (Lipinski definition) is 4. The summed E-state index contributed by atoms with van der Waals surface area (Å²) >= 11 is 0. The summed E-state index contributed by atoms with van der Waals surface area (Å²) in [6.45, 7) is 0. The summed E-state index contributed by atoms with van der Waals surface area (Å²) < 4.78 is 27.2. The number of carbonyl (C=O) groups is 1. The number of aliphatic hydroxyl groups excluding tert-OH is 1. The molecule has 5 N–H and O–H groups in total. The van der Waals surface area contributed by atoms with E-state index in [-0.39, 0.29) is 16.4 Å². The summed E-state index contributed by atoms with van der Waals surface area (Å²) in [5, 5.41) is 20.9. The van der Waals surface area contributed by atoms with Gasteiger partial charge in [0, 0.05) is 5.56 Å². The molecule has 8 heteroatoms. The molecule has 29 heavy (non-hydrogen) atoms. The van der Waals surface area contributed by atoms with Crippen molar-refractivity contribution in [3.63, 3.8) is 0 Å². The van der Waals surface area contributed by atoms with Crippen LogP contribution in [0.15, 0.2) is 95.4 Å². The van der Waals surface area contributed by atoms with Gasteiger partial charge in [-0.25, -0.2) is 8.42 Å². The van der Waals surface area contributed by atoms with Crippen LogP contribution in [0.1, 0.15) is 10.4 Å². The standard InChI is InChI=1S/C21H20N2O5S/c22-17-8-4-5-9-19(17)29(27,28)23-21(26)13-12-15(14-20(21)25)10-11-18(24)16-6-2-1-3-7-16/h1-14,20,23,25-26H,22H2. The highest BCUT2D eigenvalue weighted by Gasteiger charge is 2.38. The number of carbonyl (C=O) groups excluding carboxylic acids is 1.